The summed E-state index contributed by atoms with van der Waals surface area (Å²) >= 11 is 0. The zero-order valence-corrected chi connectivity index (χ0v) is 13.9. The SMILES string of the molecule is CS(=O)(=O)OC[C@@H]1CCN1C(c1ccccc1)c1ccccc1. The molecule has 1 saturated heterocycles. The van der Waals surface area contributed by atoms with Gasteiger partial charge in [0.1, 0.15) is 0 Å². The molecule has 122 valence electrons. The van der Waals surface area contributed by atoms with E-state index in [4.69, 9.17) is 4.18 Å². The van der Waals surface area contributed by atoms with E-state index in [9.17, 15) is 8.42 Å². The van der Waals surface area contributed by atoms with Gasteiger partial charge in [-0.2, -0.15) is 8.42 Å². The van der Waals surface area contributed by atoms with Crippen LogP contribution in [0.2, 0.25) is 0 Å². The Kier molecular flexibility index (Phi) is 4.80. The monoisotopic (exact) mass is 331 g/mol. The molecule has 1 atom stereocenters. The molecule has 0 bridgehead atoms. The summed E-state index contributed by atoms with van der Waals surface area (Å²) in [6.07, 6.45) is 2.05. The van der Waals surface area contributed by atoms with Crippen molar-refractivity contribution in [3.8, 4) is 0 Å². The highest BCUT2D eigenvalue weighted by atomic mass is 32.2. The minimum Gasteiger partial charge on any atom is -0.287 e. The fourth-order valence-electron chi connectivity index (χ4n) is 3.03. The Morgan fingerprint density at radius 2 is 1.57 bits per heavy atom. The lowest BCUT2D eigenvalue weighted by Gasteiger charge is -2.46. The van der Waals surface area contributed by atoms with E-state index in [2.05, 4.69) is 29.2 Å². The van der Waals surface area contributed by atoms with Crippen LogP contribution in [0.1, 0.15) is 23.6 Å². The number of hydrogen-bond acceptors (Lipinski definition) is 4. The highest BCUT2D eigenvalue weighted by Gasteiger charge is 2.36. The zero-order valence-electron chi connectivity index (χ0n) is 13.1. The van der Waals surface area contributed by atoms with E-state index in [1.54, 1.807) is 0 Å². The molecule has 5 heteroatoms. The average Bonchev–Trinajstić information content (AvgIpc) is 2.52. The minimum atomic E-state index is -3.40. The third kappa shape index (κ3) is 3.99. The van der Waals surface area contributed by atoms with Crippen LogP contribution in [0.25, 0.3) is 0 Å². The van der Waals surface area contributed by atoms with Crippen molar-refractivity contribution in [2.75, 3.05) is 19.4 Å². The van der Waals surface area contributed by atoms with Gasteiger partial charge in [0.25, 0.3) is 10.1 Å². The summed E-state index contributed by atoms with van der Waals surface area (Å²) < 4.78 is 27.5. The third-order valence-corrected chi connectivity index (χ3v) is 4.79. The van der Waals surface area contributed by atoms with Gasteiger partial charge in [0.15, 0.2) is 0 Å². The molecule has 1 heterocycles. The zero-order chi connectivity index (χ0) is 16.3. The summed E-state index contributed by atoms with van der Waals surface area (Å²) in [4.78, 5) is 2.32. The van der Waals surface area contributed by atoms with Crippen LogP contribution in [0.15, 0.2) is 60.7 Å². The molecule has 3 rings (SSSR count). The Morgan fingerprint density at radius 3 is 1.96 bits per heavy atom. The summed E-state index contributed by atoms with van der Waals surface area (Å²) in [5.41, 5.74) is 2.42. The van der Waals surface area contributed by atoms with Crippen LogP contribution in [0.4, 0.5) is 0 Å². The molecule has 1 aliphatic heterocycles. The van der Waals surface area contributed by atoms with Crippen LogP contribution in [-0.2, 0) is 14.3 Å². The lowest BCUT2D eigenvalue weighted by Crippen LogP contribution is -2.52. The van der Waals surface area contributed by atoms with Crippen LogP contribution >= 0.6 is 0 Å². The van der Waals surface area contributed by atoms with Gasteiger partial charge in [-0.1, -0.05) is 60.7 Å². The molecule has 0 radical (unpaired) electrons. The molecule has 0 aromatic heterocycles. The largest absolute Gasteiger partial charge is 0.287 e. The maximum Gasteiger partial charge on any atom is 0.264 e. The first-order valence-electron chi connectivity index (χ1n) is 7.74. The first-order valence-corrected chi connectivity index (χ1v) is 9.56. The van der Waals surface area contributed by atoms with Crippen molar-refractivity contribution in [2.45, 2.75) is 18.5 Å². The second-order valence-electron chi connectivity index (χ2n) is 5.89. The molecule has 0 N–H and O–H groups in total. The van der Waals surface area contributed by atoms with E-state index in [1.807, 2.05) is 36.4 Å². The topological polar surface area (TPSA) is 46.6 Å². The van der Waals surface area contributed by atoms with Crippen molar-refractivity contribution in [3.05, 3.63) is 71.8 Å². The highest BCUT2D eigenvalue weighted by molar-refractivity contribution is 7.85. The number of rotatable bonds is 6. The molecule has 0 amide bonds. The van der Waals surface area contributed by atoms with Gasteiger partial charge in [-0.05, 0) is 17.5 Å². The smallest absolute Gasteiger partial charge is 0.264 e. The number of likely N-dealkylation sites (tertiary alicyclic amines) is 1. The van der Waals surface area contributed by atoms with Gasteiger partial charge >= 0.3 is 0 Å². The van der Waals surface area contributed by atoms with Gasteiger partial charge in [0, 0.05) is 12.6 Å². The fourth-order valence-corrected chi connectivity index (χ4v) is 3.43. The maximum atomic E-state index is 11.3. The number of benzene rings is 2. The summed E-state index contributed by atoms with van der Waals surface area (Å²) in [7, 11) is -3.40. The average molecular weight is 331 g/mol. The maximum absolute atomic E-state index is 11.3. The summed E-state index contributed by atoms with van der Waals surface area (Å²) in [6, 6.07) is 20.9. The van der Waals surface area contributed by atoms with Crippen molar-refractivity contribution < 1.29 is 12.6 Å². The molecule has 0 saturated carbocycles. The number of hydrogen-bond donors (Lipinski definition) is 0. The van der Waals surface area contributed by atoms with Crippen LogP contribution < -0.4 is 0 Å². The molecular formula is C18H21NO3S. The first kappa shape index (κ1) is 16.2. The van der Waals surface area contributed by atoms with Crippen molar-refractivity contribution in [3.63, 3.8) is 0 Å². The summed E-state index contributed by atoms with van der Waals surface area (Å²) in [5.74, 6) is 0. The Balaban J connectivity index is 1.85. The van der Waals surface area contributed by atoms with Crippen LogP contribution in [0.5, 0.6) is 0 Å². The van der Waals surface area contributed by atoms with E-state index in [1.165, 1.54) is 11.1 Å². The molecule has 2 aromatic rings. The van der Waals surface area contributed by atoms with Gasteiger partial charge < -0.3 is 0 Å². The Hall–Kier alpha value is -1.69. The van der Waals surface area contributed by atoms with Crippen molar-refractivity contribution in [1.82, 2.24) is 4.90 Å². The van der Waals surface area contributed by atoms with Gasteiger partial charge in [0.05, 0.1) is 18.9 Å². The molecule has 23 heavy (non-hydrogen) atoms. The first-order chi connectivity index (χ1) is 11.0. The van der Waals surface area contributed by atoms with E-state index >= 15 is 0 Å². The number of nitrogens with zero attached hydrogens (tertiary/aromatic N) is 1. The Bertz CT molecular complexity index is 692. The van der Waals surface area contributed by atoms with E-state index in [0.29, 0.717) is 0 Å². The molecular weight excluding hydrogens is 310 g/mol. The van der Waals surface area contributed by atoms with Gasteiger partial charge in [-0.15, -0.1) is 0 Å². The van der Waals surface area contributed by atoms with Crippen molar-refractivity contribution in [2.24, 2.45) is 0 Å². The highest BCUT2D eigenvalue weighted by Crippen LogP contribution is 2.35. The predicted octanol–water partition coefficient (Wildman–Crippen LogP) is 2.83. The summed E-state index contributed by atoms with van der Waals surface area (Å²) in [6.45, 7) is 1.15. The van der Waals surface area contributed by atoms with Crippen LogP contribution in [0.3, 0.4) is 0 Å². The van der Waals surface area contributed by atoms with Gasteiger partial charge in [-0.25, -0.2) is 0 Å². The molecule has 2 aromatic carbocycles. The van der Waals surface area contributed by atoms with Crippen molar-refractivity contribution >= 4 is 10.1 Å². The lowest BCUT2D eigenvalue weighted by molar-refractivity contribution is 0.0263. The van der Waals surface area contributed by atoms with Gasteiger partial charge in [0.2, 0.25) is 0 Å². The Morgan fingerprint density at radius 1 is 1.04 bits per heavy atom. The van der Waals surface area contributed by atoms with Crippen molar-refractivity contribution in [1.29, 1.82) is 0 Å². The second kappa shape index (κ2) is 6.83. The molecule has 1 fully saturated rings. The predicted molar refractivity (Wildman–Crippen MR) is 90.6 cm³/mol. The minimum absolute atomic E-state index is 0.120. The van der Waals surface area contributed by atoms with E-state index < -0.39 is 10.1 Å². The quantitative estimate of drug-likeness (QED) is 0.764. The van der Waals surface area contributed by atoms with E-state index in [-0.39, 0.29) is 18.7 Å². The molecule has 4 nitrogen and oxygen atoms in total. The fraction of sp³-hybridized carbons (Fsp3) is 0.333. The van der Waals surface area contributed by atoms with Crippen LogP contribution in [-0.4, -0.2) is 38.8 Å². The third-order valence-electron chi connectivity index (χ3n) is 4.23. The molecule has 1 aliphatic rings. The normalized spacial score (nSPS) is 18.8. The van der Waals surface area contributed by atoms with Gasteiger partial charge in [-0.3, -0.25) is 9.08 Å². The molecule has 0 aliphatic carbocycles. The standard InChI is InChI=1S/C18H21NO3S/c1-23(20,21)22-14-17-12-13-19(17)18(15-8-4-2-5-9-15)16-10-6-3-7-11-16/h2-11,17-18H,12-14H2,1H3/t17-/m0/s1. The molecule has 0 spiro atoms. The Labute approximate surface area is 137 Å². The lowest BCUT2D eigenvalue weighted by atomic mass is 9.91. The van der Waals surface area contributed by atoms with Crippen LogP contribution in [0, 0.1) is 0 Å². The van der Waals surface area contributed by atoms with E-state index in [0.717, 1.165) is 19.2 Å². The second-order valence-corrected chi connectivity index (χ2v) is 7.54. The molecule has 0 unspecified atom stereocenters. The summed E-state index contributed by atoms with van der Waals surface area (Å²) in [5, 5.41) is 0.